The molecule has 0 unspecified atom stereocenters. The first kappa shape index (κ1) is 10.9. The van der Waals surface area contributed by atoms with Crippen LogP contribution in [0.25, 0.3) is 0 Å². The number of benzene rings is 2. The van der Waals surface area contributed by atoms with Crippen LogP contribution in [-0.2, 0) is 0 Å². The lowest BCUT2D eigenvalue weighted by Gasteiger charge is -2.07. The van der Waals surface area contributed by atoms with Crippen molar-refractivity contribution in [3.63, 3.8) is 0 Å². The highest BCUT2D eigenvalue weighted by Gasteiger charge is 2.09. The van der Waals surface area contributed by atoms with Crippen molar-refractivity contribution in [3.05, 3.63) is 58.6 Å². The lowest BCUT2D eigenvalue weighted by atomic mass is 10.2. The van der Waals surface area contributed by atoms with E-state index in [1.807, 2.05) is 12.1 Å². The van der Waals surface area contributed by atoms with Crippen LogP contribution in [0.4, 0.5) is 17.1 Å². The highest BCUT2D eigenvalue weighted by atomic mass is 16.6. The summed E-state index contributed by atoms with van der Waals surface area (Å²) in [5.41, 5.74) is 0.930. The van der Waals surface area contributed by atoms with E-state index in [1.165, 1.54) is 12.1 Å². The van der Waals surface area contributed by atoms with E-state index in [2.05, 4.69) is 11.4 Å². The van der Waals surface area contributed by atoms with Gasteiger partial charge in [0.2, 0.25) is 0 Å². The molecule has 5 nitrogen and oxygen atoms in total. The zero-order valence-electron chi connectivity index (χ0n) is 8.75. The van der Waals surface area contributed by atoms with Gasteiger partial charge >= 0.3 is 0 Å². The molecule has 0 fully saturated rings. The summed E-state index contributed by atoms with van der Waals surface area (Å²) >= 11 is 0. The second-order valence-electron chi connectivity index (χ2n) is 3.36. The Bertz CT molecular complexity index is 541. The van der Waals surface area contributed by atoms with Crippen molar-refractivity contribution in [1.29, 1.82) is 0 Å². The molecule has 2 aromatic carbocycles. The van der Waals surface area contributed by atoms with E-state index in [9.17, 15) is 15.2 Å². The zero-order chi connectivity index (χ0) is 12.3. The molecule has 0 amide bonds. The molecule has 85 valence electrons. The number of nitro benzene ring substituents is 1. The van der Waals surface area contributed by atoms with E-state index in [1.54, 1.807) is 12.1 Å². The van der Waals surface area contributed by atoms with Crippen molar-refractivity contribution in [2.45, 2.75) is 0 Å². The number of nitrogens with one attached hydrogen (secondary N) is 1. The average molecular weight is 229 g/mol. The van der Waals surface area contributed by atoms with Crippen molar-refractivity contribution >= 4 is 17.1 Å². The number of phenols is 1. The van der Waals surface area contributed by atoms with E-state index in [0.29, 0.717) is 11.4 Å². The van der Waals surface area contributed by atoms with Crippen LogP contribution in [0.15, 0.2) is 42.5 Å². The van der Waals surface area contributed by atoms with Crippen LogP contribution in [0.3, 0.4) is 0 Å². The van der Waals surface area contributed by atoms with Crippen molar-refractivity contribution in [2.24, 2.45) is 0 Å². The van der Waals surface area contributed by atoms with Crippen LogP contribution < -0.4 is 5.32 Å². The maximum Gasteiger partial charge on any atom is 0.273 e. The Hall–Kier alpha value is -2.56. The quantitative estimate of drug-likeness (QED) is 0.482. The van der Waals surface area contributed by atoms with E-state index in [0.717, 1.165) is 6.07 Å². The molecule has 0 aliphatic carbocycles. The maximum atomic E-state index is 10.5. The van der Waals surface area contributed by atoms with Crippen molar-refractivity contribution < 1.29 is 10.0 Å². The van der Waals surface area contributed by atoms with Crippen LogP contribution in [0.2, 0.25) is 0 Å². The Kier molecular flexibility index (Phi) is 2.91. The third-order valence-electron chi connectivity index (χ3n) is 2.17. The highest BCUT2D eigenvalue weighted by molar-refractivity contribution is 5.67. The summed E-state index contributed by atoms with van der Waals surface area (Å²) in [6.07, 6.45) is 0. The van der Waals surface area contributed by atoms with Crippen LogP contribution >= 0.6 is 0 Å². The Morgan fingerprint density at radius 2 is 2.12 bits per heavy atom. The van der Waals surface area contributed by atoms with E-state index >= 15 is 0 Å². The van der Waals surface area contributed by atoms with Gasteiger partial charge in [-0.25, -0.2) is 0 Å². The summed E-state index contributed by atoms with van der Waals surface area (Å²) in [6, 6.07) is 14.0. The summed E-state index contributed by atoms with van der Waals surface area (Å²) in [4.78, 5) is 9.93. The third-order valence-corrected chi connectivity index (χ3v) is 2.17. The van der Waals surface area contributed by atoms with Gasteiger partial charge in [-0.1, -0.05) is 18.2 Å². The number of hydrogen-bond donors (Lipinski definition) is 2. The SMILES string of the molecule is O=[N+]([O-])c1ccc(Nc2[c]cccc2)c(O)c1. The molecule has 2 N–H and O–H groups in total. The number of para-hydroxylation sites is 1. The molecule has 0 atom stereocenters. The smallest absolute Gasteiger partial charge is 0.273 e. The van der Waals surface area contributed by atoms with E-state index in [-0.39, 0.29) is 11.4 Å². The molecule has 0 bridgehead atoms. The average Bonchev–Trinajstić information content (AvgIpc) is 2.33. The first-order valence-corrected chi connectivity index (χ1v) is 4.88. The van der Waals surface area contributed by atoms with Gasteiger partial charge < -0.3 is 10.4 Å². The third kappa shape index (κ3) is 2.52. The number of nitrogens with zero attached hydrogens (tertiary/aromatic N) is 1. The molecule has 17 heavy (non-hydrogen) atoms. The molecule has 0 heterocycles. The van der Waals surface area contributed by atoms with Gasteiger partial charge in [0, 0.05) is 17.8 Å². The number of aromatic hydroxyl groups is 1. The Balaban J connectivity index is 2.26. The molecule has 0 aromatic heterocycles. The number of anilines is 2. The monoisotopic (exact) mass is 229 g/mol. The summed E-state index contributed by atoms with van der Waals surface area (Å²) in [5.74, 6) is -0.170. The Morgan fingerprint density at radius 3 is 2.71 bits per heavy atom. The Morgan fingerprint density at radius 1 is 1.29 bits per heavy atom. The lowest BCUT2D eigenvalue weighted by molar-refractivity contribution is -0.384. The molecule has 0 aliphatic heterocycles. The second-order valence-corrected chi connectivity index (χ2v) is 3.36. The molecule has 2 aromatic rings. The van der Waals surface area contributed by atoms with Gasteiger partial charge in [-0.05, 0) is 12.1 Å². The first-order valence-electron chi connectivity index (χ1n) is 4.88. The minimum atomic E-state index is -0.557. The summed E-state index contributed by atoms with van der Waals surface area (Å²) in [6.45, 7) is 0. The van der Waals surface area contributed by atoms with Crippen molar-refractivity contribution in [3.8, 4) is 5.75 Å². The normalized spacial score (nSPS) is 9.88. The van der Waals surface area contributed by atoms with E-state index < -0.39 is 4.92 Å². The lowest BCUT2D eigenvalue weighted by Crippen LogP contribution is -1.92. The number of phenolic OH excluding ortho intramolecular Hbond substituents is 1. The van der Waals surface area contributed by atoms with Crippen LogP contribution in [0, 0.1) is 16.2 Å². The number of nitro groups is 1. The largest absolute Gasteiger partial charge is 0.506 e. The molecule has 0 saturated heterocycles. The molecular formula is C12H9N2O3. The molecule has 5 heteroatoms. The molecule has 0 saturated carbocycles. The molecule has 0 spiro atoms. The standard InChI is InChI=1S/C12H9N2O3/c15-12-8-10(14(16)17)6-7-11(12)13-9-4-2-1-3-5-9/h1-4,6-8,13,15H. The van der Waals surface area contributed by atoms with Gasteiger partial charge in [0.1, 0.15) is 5.75 Å². The fourth-order valence-corrected chi connectivity index (χ4v) is 1.36. The predicted octanol–water partition coefficient (Wildman–Crippen LogP) is 2.84. The summed E-state index contributed by atoms with van der Waals surface area (Å²) in [7, 11) is 0. The zero-order valence-corrected chi connectivity index (χ0v) is 8.75. The topological polar surface area (TPSA) is 75.4 Å². The summed E-state index contributed by atoms with van der Waals surface area (Å²) < 4.78 is 0. The highest BCUT2D eigenvalue weighted by Crippen LogP contribution is 2.30. The van der Waals surface area contributed by atoms with Crippen molar-refractivity contribution in [2.75, 3.05) is 5.32 Å². The number of hydrogen-bond acceptors (Lipinski definition) is 4. The molecule has 0 aliphatic rings. The van der Waals surface area contributed by atoms with Crippen LogP contribution in [-0.4, -0.2) is 10.0 Å². The van der Waals surface area contributed by atoms with Gasteiger partial charge in [-0.15, -0.1) is 0 Å². The van der Waals surface area contributed by atoms with E-state index in [4.69, 9.17) is 0 Å². The predicted molar refractivity (Wildman–Crippen MR) is 63.3 cm³/mol. The second kappa shape index (κ2) is 4.52. The van der Waals surface area contributed by atoms with Gasteiger partial charge in [0.15, 0.2) is 0 Å². The van der Waals surface area contributed by atoms with Crippen LogP contribution in [0.5, 0.6) is 5.75 Å². The maximum absolute atomic E-state index is 10.5. The van der Waals surface area contributed by atoms with Gasteiger partial charge in [-0.3, -0.25) is 10.1 Å². The van der Waals surface area contributed by atoms with Gasteiger partial charge in [-0.2, -0.15) is 0 Å². The van der Waals surface area contributed by atoms with Gasteiger partial charge in [0.25, 0.3) is 5.69 Å². The number of non-ortho nitro benzene ring substituents is 1. The Labute approximate surface area is 97.5 Å². The summed E-state index contributed by atoms with van der Waals surface area (Å²) in [5, 5.41) is 23.0. The fourth-order valence-electron chi connectivity index (χ4n) is 1.36. The minimum Gasteiger partial charge on any atom is -0.506 e. The molecule has 1 radical (unpaired) electrons. The fraction of sp³-hybridized carbons (Fsp3) is 0. The van der Waals surface area contributed by atoms with Crippen LogP contribution in [0.1, 0.15) is 0 Å². The molecular weight excluding hydrogens is 220 g/mol. The number of rotatable bonds is 3. The first-order chi connectivity index (χ1) is 8.16. The minimum absolute atomic E-state index is 0.148. The van der Waals surface area contributed by atoms with Crippen molar-refractivity contribution in [1.82, 2.24) is 0 Å². The van der Waals surface area contributed by atoms with Gasteiger partial charge in [0.05, 0.1) is 16.7 Å². The molecule has 2 rings (SSSR count).